The molecule has 0 aliphatic carbocycles. The maximum absolute atomic E-state index is 14.0. The van der Waals surface area contributed by atoms with Crippen LogP contribution >= 0.6 is 0 Å². The van der Waals surface area contributed by atoms with Crippen LogP contribution in [0.4, 0.5) is 8.78 Å². The van der Waals surface area contributed by atoms with E-state index < -0.39 is 26.6 Å². The fourth-order valence-electron chi connectivity index (χ4n) is 3.10. The molecule has 130 valence electrons. The Morgan fingerprint density at radius 2 is 2.08 bits per heavy atom. The molecule has 1 atom stereocenters. The number of nitrogens with zero attached hydrogens (tertiary/aromatic N) is 3. The Morgan fingerprint density at radius 1 is 1.25 bits per heavy atom. The Balaban J connectivity index is 1.83. The zero-order valence-electron chi connectivity index (χ0n) is 13.1. The first kappa shape index (κ1) is 17.0. The number of aromatic nitrogens is 2. The van der Waals surface area contributed by atoms with E-state index in [2.05, 4.69) is 5.10 Å². The molecule has 0 N–H and O–H groups in total. The molecular weight excluding hydrogens is 336 g/mol. The predicted molar refractivity (Wildman–Crippen MR) is 84.7 cm³/mol. The summed E-state index contributed by atoms with van der Waals surface area (Å²) in [7, 11) is -3.99. The van der Waals surface area contributed by atoms with Crippen molar-refractivity contribution in [3.63, 3.8) is 0 Å². The summed E-state index contributed by atoms with van der Waals surface area (Å²) in [5, 5.41) is 4.12. The van der Waals surface area contributed by atoms with Gasteiger partial charge in [-0.15, -0.1) is 0 Å². The van der Waals surface area contributed by atoms with Crippen LogP contribution in [0.3, 0.4) is 0 Å². The number of piperidine rings is 1. The van der Waals surface area contributed by atoms with Gasteiger partial charge in [0, 0.05) is 37.6 Å². The first-order chi connectivity index (χ1) is 11.5. The summed E-state index contributed by atoms with van der Waals surface area (Å²) in [5.74, 6) is -1.84. The molecule has 1 fully saturated rings. The van der Waals surface area contributed by atoms with Gasteiger partial charge in [-0.2, -0.15) is 9.40 Å². The molecule has 1 saturated heterocycles. The number of rotatable bonds is 5. The van der Waals surface area contributed by atoms with Crippen molar-refractivity contribution in [2.45, 2.75) is 43.2 Å². The fourth-order valence-corrected chi connectivity index (χ4v) is 4.87. The zero-order chi connectivity index (χ0) is 17.2. The minimum absolute atomic E-state index is 0.211. The molecule has 24 heavy (non-hydrogen) atoms. The van der Waals surface area contributed by atoms with Crippen molar-refractivity contribution in [1.29, 1.82) is 0 Å². The molecule has 0 bridgehead atoms. The molecule has 0 radical (unpaired) electrons. The van der Waals surface area contributed by atoms with E-state index in [1.165, 1.54) is 4.31 Å². The lowest BCUT2D eigenvalue weighted by molar-refractivity contribution is 0.231. The number of hydrogen-bond acceptors (Lipinski definition) is 3. The van der Waals surface area contributed by atoms with Crippen molar-refractivity contribution in [1.82, 2.24) is 14.1 Å². The lowest BCUT2D eigenvalue weighted by atomic mass is 10.0. The maximum atomic E-state index is 14.0. The van der Waals surface area contributed by atoms with Crippen molar-refractivity contribution in [3.8, 4) is 0 Å². The van der Waals surface area contributed by atoms with Gasteiger partial charge in [-0.05, 0) is 37.5 Å². The molecule has 2 heterocycles. The van der Waals surface area contributed by atoms with E-state index >= 15 is 0 Å². The second-order valence-corrected chi connectivity index (χ2v) is 7.76. The highest BCUT2D eigenvalue weighted by Gasteiger charge is 2.35. The standard InChI is InChI=1S/C16H19F2N3O2S/c17-13-5-6-16(15(18)12-13)24(22,23)21-10-2-1-4-14(21)7-11-20-9-3-8-19-20/h3,5-6,8-9,12,14H,1-2,4,7,10-11H2. The van der Waals surface area contributed by atoms with E-state index in [9.17, 15) is 17.2 Å². The molecule has 2 aromatic rings. The molecular formula is C16H19F2N3O2S. The van der Waals surface area contributed by atoms with Gasteiger partial charge in [-0.3, -0.25) is 4.68 Å². The van der Waals surface area contributed by atoms with Crippen LogP contribution in [0.15, 0.2) is 41.6 Å². The van der Waals surface area contributed by atoms with Gasteiger partial charge in [0.1, 0.15) is 16.5 Å². The van der Waals surface area contributed by atoms with Crippen LogP contribution in [0.5, 0.6) is 0 Å². The maximum Gasteiger partial charge on any atom is 0.246 e. The predicted octanol–water partition coefficient (Wildman–Crippen LogP) is 2.79. The van der Waals surface area contributed by atoms with E-state index in [1.54, 1.807) is 10.9 Å². The average molecular weight is 355 g/mol. The quantitative estimate of drug-likeness (QED) is 0.829. The van der Waals surface area contributed by atoms with Crippen LogP contribution in [0.1, 0.15) is 25.7 Å². The SMILES string of the molecule is O=S(=O)(c1ccc(F)cc1F)N1CCCCC1CCn1cccn1. The van der Waals surface area contributed by atoms with Gasteiger partial charge in [-0.1, -0.05) is 6.42 Å². The van der Waals surface area contributed by atoms with Crippen molar-refractivity contribution < 1.29 is 17.2 Å². The number of hydrogen-bond donors (Lipinski definition) is 0. The van der Waals surface area contributed by atoms with Crippen LogP contribution in [0.2, 0.25) is 0 Å². The Hall–Kier alpha value is -1.80. The second kappa shape index (κ2) is 6.98. The minimum atomic E-state index is -3.99. The van der Waals surface area contributed by atoms with Crippen molar-refractivity contribution in [2.75, 3.05) is 6.54 Å². The second-order valence-electron chi connectivity index (χ2n) is 5.90. The first-order valence-corrected chi connectivity index (χ1v) is 9.37. The molecule has 0 amide bonds. The van der Waals surface area contributed by atoms with E-state index in [1.807, 2.05) is 12.3 Å². The van der Waals surface area contributed by atoms with Gasteiger partial charge in [0.15, 0.2) is 0 Å². The summed E-state index contributed by atoms with van der Waals surface area (Å²) in [6, 6.07) is 4.17. The molecule has 1 unspecified atom stereocenters. The van der Waals surface area contributed by atoms with Crippen LogP contribution in [0.25, 0.3) is 0 Å². The summed E-state index contributed by atoms with van der Waals surface area (Å²) in [5.41, 5.74) is 0. The van der Waals surface area contributed by atoms with Crippen LogP contribution < -0.4 is 0 Å². The Kier molecular flexibility index (Phi) is 4.96. The summed E-state index contributed by atoms with van der Waals surface area (Å²) in [6.07, 6.45) is 6.49. The van der Waals surface area contributed by atoms with Gasteiger partial charge >= 0.3 is 0 Å². The third kappa shape index (κ3) is 3.49. The van der Waals surface area contributed by atoms with E-state index in [4.69, 9.17) is 0 Å². The topological polar surface area (TPSA) is 55.2 Å². The Bertz CT molecular complexity index is 794. The molecule has 3 rings (SSSR count). The smallest absolute Gasteiger partial charge is 0.246 e. The lowest BCUT2D eigenvalue weighted by Crippen LogP contribution is -2.44. The summed E-state index contributed by atoms with van der Waals surface area (Å²) >= 11 is 0. The third-order valence-electron chi connectivity index (χ3n) is 4.30. The molecule has 1 aromatic carbocycles. The zero-order valence-corrected chi connectivity index (χ0v) is 13.9. The first-order valence-electron chi connectivity index (χ1n) is 7.93. The summed E-state index contributed by atoms with van der Waals surface area (Å²) in [4.78, 5) is -0.463. The number of aryl methyl sites for hydroxylation is 1. The lowest BCUT2D eigenvalue weighted by Gasteiger charge is -2.34. The highest BCUT2D eigenvalue weighted by atomic mass is 32.2. The molecule has 1 aliphatic rings. The van der Waals surface area contributed by atoms with Gasteiger partial charge in [0.25, 0.3) is 0 Å². The normalized spacial score (nSPS) is 19.5. The van der Waals surface area contributed by atoms with Gasteiger partial charge in [0.2, 0.25) is 10.0 Å². The minimum Gasteiger partial charge on any atom is -0.273 e. The van der Waals surface area contributed by atoms with Crippen LogP contribution in [-0.2, 0) is 16.6 Å². The fraction of sp³-hybridized carbons (Fsp3) is 0.438. The van der Waals surface area contributed by atoms with Crippen LogP contribution in [-0.4, -0.2) is 35.1 Å². The van der Waals surface area contributed by atoms with Gasteiger partial charge in [-0.25, -0.2) is 17.2 Å². The van der Waals surface area contributed by atoms with Crippen molar-refractivity contribution >= 4 is 10.0 Å². The summed E-state index contributed by atoms with van der Waals surface area (Å²) in [6.45, 7) is 0.943. The number of benzene rings is 1. The van der Waals surface area contributed by atoms with E-state index in [0.29, 0.717) is 25.6 Å². The van der Waals surface area contributed by atoms with Crippen LogP contribution in [0, 0.1) is 11.6 Å². The average Bonchev–Trinajstić information content (AvgIpc) is 3.06. The molecule has 1 aliphatic heterocycles. The highest BCUT2D eigenvalue weighted by Crippen LogP contribution is 2.28. The molecule has 0 spiro atoms. The molecule has 5 nitrogen and oxygen atoms in total. The molecule has 8 heteroatoms. The summed E-state index contributed by atoms with van der Waals surface area (Å²) < 4.78 is 55.8. The molecule has 1 aromatic heterocycles. The van der Waals surface area contributed by atoms with E-state index in [0.717, 1.165) is 31.4 Å². The van der Waals surface area contributed by atoms with Crippen molar-refractivity contribution in [2.24, 2.45) is 0 Å². The number of halogens is 2. The highest BCUT2D eigenvalue weighted by molar-refractivity contribution is 7.89. The van der Waals surface area contributed by atoms with Gasteiger partial charge < -0.3 is 0 Å². The largest absolute Gasteiger partial charge is 0.273 e. The Morgan fingerprint density at radius 3 is 2.79 bits per heavy atom. The van der Waals surface area contributed by atoms with E-state index in [-0.39, 0.29) is 6.04 Å². The Labute approximate surface area is 139 Å². The van der Waals surface area contributed by atoms with Gasteiger partial charge in [0.05, 0.1) is 0 Å². The monoisotopic (exact) mass is 355 g/mol. The third-order valence-corrected chi connectivity index (χ3v) is 6.29. The van der Waals surface area contributed by atoms with Crippen molar-refractivity contribution in [3.05, 3.63) is 48.3 Å². The number of sulfonamides is 1. The molecule has 0 saturated carbocycles.